The molecular formula is C22H17N3O4. The summed E-state index contributed by atoms with van der Waals surface area (Å²) in [7, 11) is 0. The molecule has 0 atom stereocenters. The van der Waals surface area contributed by atoms with Gasteiger partial charge in [0.1, 0.15) is 5.52 Å². The standard InChI is InChI=1S/C22H17N3O4/c1-13-4-3-5-16(10-13)22-24-18-12-17(8-9-20(18)29-22)23-21(26)15-7-6-14(2)19(11-15)25(27)28/h3-12H,1-2H3,(H,23,26). The third-order valence-electron chi connectivity index (χ3n) is 4.58. The maximum atomic E-state index is 12.5. The van der Waals surface area contributed by atoms with E-state index < -0.39 is 10.8 Å². The van der Waals surface area contributed by atoms with Crippen molar-refractivity contribution in [2.24, 2.45) is 0 Å². The van der Waals surface area contributed by atoms with Crippen molar-refractivity contribution in [3.63, 3.8) is 0 Å². The number of hydrogen-bond acceptors (Lipinski definition) is 5. The van der Waals surface area contributed by atoms with Gasteiger partial charge in [-0.15, -0.1) is 0 Å². The van der Waals surface area contributed by atoms with Crippen LogP contribution in [0.25, 0.3) is 22.6 Å². The number of oxazole rings is 1. The molecule has 0 saturated carbocycles. The summed E-state index contributed by atoms with van der Waals surface area (Å²) in [4.78, 5) is 27.6. The molecule has 0 spiro atoms. The molecule has 0 fully saturated rings. The lowest BCUT2D eigenvalue weighted by Crippen LogP contribution is -2.12. The average molecular weight is 387 g/mol. The number of carbonyl (C=O) groups is 1. The smallest absolute Gasteiger partial charge is 0.273 e. The third kappa shape index (κ3) is 3.70. The molecule has 1 amide bonds. The van der Waals surface area contributed by atoms with E-state index in [0.29, 0.717) is 28.2 Å². The molecular weight excluding hydrogens is 370 g/mol. The third-order valence-corrected chi connectivity index (χ3v) is 4.58. The minimum Gasteiger partial charge on any atom is -0.436 e. The predicted octanol–water partition coefficient (Wildman–Crippen LogP) is 5.27. The SMILES string of the molecule is Cc1cccc(-c2nc3cc(NC(=O)c4ccc(C)c([N+](=O)[O-])c4)ccc3o2)c1. The number of aryl methyl sites for hydroxylation is 2. The van der Waals surface area contributed by atoms with Gasteiger partial charge in [-0.3, -0.25) is 14.9 Å². The highest BCUT2D eigenvalue weighted by Gasteiger charge is 2.16. The van der Waals surface area contributed by atoms with Crippen molar-refractivity contribution >= 4 is 28.4 Å². The number of benzene rings is 3. The highest BCUT2D eigenvalue weighted by Crippen LogP contribution is 2.27. The van der Waals surface area contributed by atoms with E-state index in [2.05, 4.69) is 10.3 Å². The van der Waals surface area contributed by atoms with Gasteiger partial charge in [-0.1, -0.05) is 23.8 Å². The monoisotopic (exact) mass is 387 g/mol. The molecule has 4 aromatic rings. The van der Waals surface area contributed by atoms with E-state index in [4.69, 9.17) is 4.42 Å². The molecule has 0 aliphatic heterocycles. The first-order chi connectivity index (χ1) is 13.9. The summed E-state index contributed by atoms with van der Waals surface area (Å²) < 4.78 is 5.81. The summed E-state index contributed by atoms with van der Waals surface area (Å²) in [5.74, 6) is 0.0659. The maximum absolute atomic E-state index is 12.5. The number of rotatable bonds is 4. The number of nitro benzene ring substituents is 1. The fourth-order valence-corrected chi connectivity index (χ4v) is 3.06. The molecule has 0 saturated heterocycles. The van der Waals surface area contributed by atoms with Gasteiger partial charge in [0.05, 0.1) is 4.92 Å². The van der Waals surface area contributed by atoms with Crippen LogP contribution in [-0.2, 0) is 0 Å². The number of aromatic nitrogens is 1. The van der Waals surface area contributed by atoms with Gasteiger partial charge in [0.2, 0.25) is 5.89 Å². The molecule has 0 radical (unpaired) electrons. The first-order valence-corrected chi connectivity index (χ1v) is 8.95. The Kier molecular flexibility index (Phi) is 4.56. The number of hydrogen-bond donors (Lipinski definition) is 1. The van der Waals surface area contributed by atoms with E-state index in [1.165, 1.54) is 6.07 Å². The molecule has 0 bridgehead atoms. The molecule has 3 aromatic carbocycles. The fraction of sp³-hybridized carbons (Fsp3) is 0.0909. The molecule has 4 rings (SSSR count). The minimum atomic E-state index is -0.500. The van der Waals surface area contributed by atoms with Crippen LogP contribution in [0.15, 0.2) is 65.1 Å². The van der Waals surface area contributed by atoms with Crippen LogP contribution in [0, 0.1) is 24.0 Å². The molecule has 29 heavy (non-hydrogen) atoms. The van der Waals surface area contributed by atoms with E-state index in [1.54, 1.807) is 37.3 Å². The molecule has 0 aliphatic rings. The number of fused-ring (bicyclic) bond motifs is 1. The van der Waals surface area contributed by atoms with E-state index in [0.717, 1.165) is 11.1 Å². The lowest BCUT2D eigenvalue weighted by atomic mass is 10.1. The fourth-order valence-electron chi connectivity index (χ4n) is 3.06. The van der Waals surface area contributed by atoms with E-state index in [9.17, 15) is 14.9 Å². The number of carbonyl (C=O) groups excluding carboxylic acids is 1. The minimum absolute atomic E-state index is 0.0904. The zero-order valence-electron chi connectivity index (χ0n) is 15.8. The summed E-state index contributed by atoms with van der Waals surface area (Å²) in [5, 5.41) is 13.8. The van der Waals surface area contributed by atoms with Gasteiger partial charge >= 0.3 is 0 Å². The molecule has 144 valence electrons. The Labute approximate surface area is 166 Å². The normalized spacial score (nSPS) is 10.8. The highest BCUT2D eigenvalue weighted by atomic mass is 16.6. The largest absolute Gasteiger partial charge is 0.436 e. The second-order valence-electron chi connectivity index (χ2n) is 6.78. The number of nitrogens with zero attached hydrogens (tertiary/aromatic N) is 2. The Bertz CT molecular complexity index is 1260. The number of amides is 1. The number of nitro groups is 1. The average Bonchev–Trinajstić information content (AvgIpc) is 3.11. The summed E-state index contributed by atoms with van der Waals surface area (Å²) >= 11 is 0. The van der Waals surface area contributed by atoms with Crippen molar-refractivity contribution in [1.82, 2.24) is 4.98 Å². The molecule has 1 N–H and O–H groups in total. The Morgan fingerprint density at radius 1 is 1.07 bits per heavy atom. The van der Waals surface area contributed by atoms with Crippen LogP contribution in [0.4, 0.5) is 11.4 Å². The van der Waals surface area contributed by atoms with Crippen molar-refractivity contribution < 1.29 is 14.1 Å². The molecule has 7 nitrogen and oxygen atoms in total. The first-order valence-electron chi connectivity index (χ1n) is 8.95. The van der Waals surface area contributed by atoms with E-state index in [1.807, 2.05) is 31.2 Å². The lowest BCUT2D eigenvalue weighted by molar-refractivity contribution is -0.385. The van der Waals surface area contributed by atoms with Gasteiger partial charge in [0.15, 0.2) is 5.58 Å². The van der Waals surface area contributed by atoms with Crippen LogP contribution in [0.3, 0.4) is 0 Å². The summed E-state index contributed by atoms with van der Waals surface area (Å²) in [6.45, 7) is 3.62. The van der Waals surface area contributed by atoms with Gasteiger partial charge in [0, 0.05) is 28.4 Å². The van der Waals surface area contributed by atoms with Crippen LogP contribution < -0.4 is 5.32 Å². The second kappa shape index (κ2) is 7.20. The van der Waals surface area contributed by atoms with Crippen molar-refractivity contribution in [1.29, 1.82) is 0 Å². The van der Waals surface area contributed by atoms with Gasteiger partial charge in [-0.05, 0) is 50.2 Å². The van der Waals surface area contributed by atoms with E-state index in [-0.39, 0.29) is 11.3 Å². The summed E-state index contributed by atoms with van der Waals surface area (Å²) in [5.41, 5.74) is 4.33. The van der Waals surface area contributed by atoms with Crippen molar-refractivity contribution in [2.45, 2.75) is 13.8 Å². The van der Waals surface area contributed by atoms with Crippen LogP contribution in [0.2, 0.25) is 0 Å². The van der Waals surface area contributed by atoms with Crippen molar-refractivity contribution in [2.75, 3.05) is 5.32 Å². The summed E-state index contributed by atoms with van der Waals surface area (Å²) in [6.07, 6.45) is 0. The van der Waals surface area contributed by atoms with Gasteiger partial charge in [-0.25, -0.2) is 4.98 Å². The topological polar surface area (TPSA) is 98.3 Å². The maximum Gasteiger partial charge on any atom is 0.273 e. The Morgan fingerprint density at radius 3 is 2.66 bits per heavy atom. The first kappa shape index (κ1) is 18.4. The Hall–Kier alpha value is -4.00. The van der Waals surface area contributed by atoms with Crippen LogP contribution in [0.1, 0.15) is 21.5 Å². The summed E-state index contributed by atoms with van der Waals surface area (Å²) in [6, 6.07) is 17.4. The van der Waals surface area contributed by atoms with Crippen LogP contribution >= 0.6 is 0 Å². The van der Waals surface area contributed by atoms with Gasteiger partial charge in [-0.2, -0.15) is 0 Å². The number of anilines is 1. The van der Waals surface area contributed by atoms with Crippen molar-refractivity contribution in [3.8, 4) is 11.5 Å². The molecule has 7 heteroatoms. The van der Waals surface area contributed by atoms with Gasteiger partial charge in [0.25, 0.3) is 11.6 Å². The van der Waals surface area contributed by atoms with Crippen LogP contribution in [-0.4, -0.2) is 15.8 Å². The zero-order valence-corrected chi connectivity index (χ0v) is 15.8. The predicted molar refractivity (Wildman–Crippen MR) is 110 cm³/mol. The van der Waals surface area contributed by atoms with E-state index >= 15 is 0 Å². The van der Waals surface area contributed by atoms with Crippen molar-refractivity contribution in [3.05, 3.63) is 87.5 Å². The van der Waals surface area contributed by atoms with Crippen LogP contribution in [0.5, 0.6) is 0 Å². The highest BCUT2D eigenvalue weighted by molar-refractivity contribution is 6.05. The quantitative estimate of drug-likeness (QED) is 0.380. The van der Waals surface area contributed by atoms with Gasteiger partial charge < -0.3 is 9.73 Å². The molecule has 1 heterocycles. The molecule has 0 unspecified atom stereocenters. The second-order valence-corrected chi connectivity index (χ2v) is 6.78. The Morgan fingerprint density at radius 2 is 1.90 bits per heavy atom. The Balaban J connectivity index is 1.61. The number of nitrogens with one attached hydrogen (secondary N) is 1. The molecule has 0 aliphatic carbocycles. The molecule has 1 aromatic heterocycles. The lowest BCUT2D eigenvalue weighted by Gasteiger charge is -2.06. The zero-order chi connectivity index (χ0) is 20.5.